The van der Waals surface area contributed by atoms with E-state index in [4.69, 9.17) is 17.3 Å². The van der Waals surface area contributed by atoms with Gasteiger partial charge in [0.15, 0.2) is 0 Å². The number of nitrogens with two attached hydrogens (primary N) is 1. The lowest BCUT2D eigenvalue weighted by Crippen LogP contribution is -2.43. The summed E-state index contributed by atoms with van der Waals surface area (Å²) in [6, 6.07) is 8.29. The van der Waals surface area contributed by atoms with Crippen LogP contribution in [0.15, 0.2) is 54.9 Å². The monoisotopic (exact) mass is 495 g/mol. The molecular formula is C26H23ClFN3O4. The molecule has 35 heavy (non-hydrogen) atoms. The third-order valence-electron chi connectivity index (χ3n) is 6.08. The summed E-state index contributed by atoms with van der Waals surface area (Å²) in [6.45, 7) is 1.42. The number of benzene rings is 2. The molecule has 7 nitrogen and oxygen atoms in total. The summed E-state index contributed by atoms with van der Waals surface area (Å²) in [5.41, 5.74) is 7.46. The van der Waals surface area contributed by atoms with Crippen molar-refractivity contribution in [2.45, 2.75) is 38.3 Å². The summed E-state index contributed by atoms with van der Waals surface area (Å²) >= 11 is 6.13. The highest BCUT2D eigenvalue weighted by molar-refractivity contribution is 6.30. The largest absolute Gasteiger partial charge is 0.507 e. The summed E-state index contributed by atoms with van der Waals surface area (Å²) in [7, 11) is 0. The molecule has 0 aliphatic heterocycles. The van der Waals surface area contributed by atoms with Crippen molar-refractivity contribution in [2.24, 2.45) is 5.73 Å². The van der Waals surface area contributed by atoms with E-state index in [1.54, 1.807) is 24.3 Å². The standard InChI is InChI=1S/C26H23ClFN3O4/c1-14(32)9-15-4-7-23(33)20(10-15)26(35)31(24(25(29)34)16-3-2-8-30-13-16)22-6-5-18-19(22)11-17(27)12-21(18)28/h2-4,7-8,10-13,22,24,33H,5-6,9H2,1H3,(H2,29,34)/t22-,24-/m1/s1. The molecule has 0 bridgehead atoms. The third kappa shape index (κ3) is 4.88. The van der Waals surface area contributed by atoms with Gasteiger partial charge in [-0.05, 0) is 66.8 Å². The normalized spacial score (nSPS) is 15.3. The molecule has 0 unspecified atom stereocenters. The topological polar surface area (TPSA) is 114 Å². The average Bonchev–Trinajstić information content (AvgIpc) is 3.22. The van der Waals surface area contributed by atoms with Crippen molar-refractivity contribution in [3.63, 3.8) is 0 Å². The molecule has 1 aliphatic carbocycles. The zero-order valence-corrected chi connectivity index (χ0v) is 19.6. The number of carbonyl (C=O) groups excluding carboxylic acids is 3. The van der Waals surface area contributed by atoms with Crippen LogP contribution in [0, 0.1) is 5.82 Å². The van der Waals surface area contributed by atoms with Gasteiger partial charge in [-0.25, -0.2) is 4.39 Å². The van der Waals surface area contributed by atoms with E-state index in [1.807, 2.05) is 0 Å². The first-order valence-corrected chi connectivity index (χ1v) is 11.4. The number of aromatic hydroxyl groups is 1. The van der Waals surface area contributed by atoms with Crippen LogP contribution in [0.2, 0.25) is 5.02 Å². The van der Waals surface area contributed by atoms with Gasteiger partial charge in [0, 0.05) is 29.4 Å². The van der Waals surface area contributed by atoms with Crippen LogP contribution >= 0.6 is 11.6 Å². The van der Waals surface area contributed by atoms with Gasteiger partial charge in [0.1, 0.15) is 23.4 Å². The predicted molar refractivity (Wildman–Crippen MR) is 127 cm³/mol. The van der Waals surface area contributed by atoms with E-state index < -0.39 is 29.7 Å². The van der Waals surface area contributed by atoms with Crippen LogP contribution in [0.1, 0.15) is 58.0 Å². The summed E-state index contributed by atoms with van der Waals surface area (Å²) in [4.78, 5) is 43.7. The number of hydrogen-bond donors (Lipinski definition) is 2. The van der Waals surface area contributed by atoms with Gasteiger partial charge < -0.3 is 15.7 Å². The van der Waals surface area contributed by atoms with Crippen LogP contribution in [-0.4, -0.2) is 32.6 Å². The van der Waals surface area contributed by atoms with E-state index in [0.29, 0.717) is 35.1 Å². The molecule has 3 aromatic rings. The van der Waals surface area contributed by atoms with Crippen molar-refractivity contribution in [3.05, 3.63) is 93.5 Å². The minimum Gasteiger partial charge on any atom is -0.507 e. The van der Waals surface area contributed by atoms with Gasteiger partial charge in [0.2, 0.25) is 5.91 Å². The predicted octanol–water partition coefficient (Wildman–Crippen LogP) is 4.07. The number of ketones is 1. The van der Waals surface area contributed by atoms with Crippen LogP contribution < -0.4 is 5.73 Å². The molecule has 0 radical (unpaired) electrons. The third-order valence-corrected chi connectivity index (χ3v) is 6.30. The van der Waals surface area contributed by atoms with E-state index in [-0.39, 0.29) is 28.5 Å². The first-order valence-electron chi connectivity index (χ1n) is 11.0. The first kappa shape index (κ1) is 24.3. The maximum atomic E-state index is 14.7. The van der Waals surface area contributed by atoms with E-state index in [9.17, 15) is 23.9 Å². The van der Waals surface area contributed by atoms with Gasteiger partial charge >= 0.3 is 0 Å². The molecular weight excluding hydrogens is 473 g/mol. The number of phenolic OH excluding ortho intramolecular Hbond substituents is 1. The molecule has 0 fully saturated rings. The molecule has 1 aliphatic rings. The van der Waals surface area contributed by atoms with Crippen molar-refractivity contribution in [2.75, 3.05) is 0 Å². The molecule has 1 aromatic heterocycles. The molecule has 3 N–H and O–H groups in total. The van der Waals surface area contributed by atoms with Crippen molar-refractivity contribution in [1.82, 2.24) is 9.88 Å². The average molecular weight is 496 g/mol. The molecule has 9 heteroatoms. The minimum absolute atomic E-state index is 0.0650. The Bertz CT molecular complexity index is 1320. The fourth-order valence-electron chi connectivity index (χ4n) is 4.64. The number of primary amides is 1. The number of hydrogen-bond acceptors (Lipinski definition) is 5. The lowest BCUT2D eigenvalue weighted by Gasteiger charge is -2.36. The highest BCUT2D eigenvalue weighted by Crippen LogP contribution is 2.43. The zero-order valence-electron chi connectivity index (χ0n) is 18.9. The first-order chi connectivity index (χ1) is 16.7. The maximum absolute atomic E-state index is 14.7. The number of fused-ring (bicyclic) bond motifs is 1. The molecule has 180 valence electrons. The number of rotatable bonds is 7. The van der Waals surface area contributed by atoms with Crippen LogP contribution in [0.5, 0.6) is 5.75 Å². The summed E-state index contributed by atoms with van der Waals surface area (Å²) in [5.74, 6) is -2.45. The van der Waals surface area contributed by atoms with Crippen LogP contribution in [0.4, 0.5) is 4.39 Å². The number of pyridine rings is 1. The van der Waals surface area contributed by atoms with Gasteiger partial charge in [-0.3, -0.25) is 19.4 Å². The summed E-state index contributed by atoms with van der Waals surface area (Å²) in [5, 5.41) is 10.7. The second-order valence-electron chi connectivity index (χ2n) is 8.54. The Hall–Kier alpha value is -3.78. The Labute approximate surface area is 206 Å². The van der Waals surface area contributed by atoms with Crippen LogP contribution in [0.3, 0.4) is 0 Å². The van der Waals surface area contributed by atoms with E-state index in [1.165, 1.54) is 42.4 Å². The molecule has 4 rings (SSSR count). The zero-order chi connectivity index (χ0) is 25.3. The van der Waals surface area contributed by atoms with Gasteiger partial charge in [-0.2, -0.15) is 0 Å². The molecule has 2 atom stereocenters. The van der Waals surface area contributed by atoms with Crippen LogP contribution in [-0.2, 0) is 22.4 Å². The van der Waals surface area contributed by atoms with Crippen LogP contribution in [0.25, 0.3) is 0 Å². The lowest BCUT2D eigenvalue weighted by atomic mass is 9.97. The van der Waals surface area contributed by atoms with Crippen molar-refractivity contribution >= 4 is 29.2 Å². The highest BCUT2D eigenvalue weighted by atomic mass is 35.5. The Morgan fingerprint density at radius 3 is 2.69 bits per heavy atom. The van der Waals surface area contributed by atoms with Crippen molar-refractivity contribution in [3.8, 4) is 5.75 Å². The molecule has 2 amide bonds. The summed E-state index contributed by atoms with van der Waals surface area (Å²) in [6.07, 6.45) is 3.65. The second kappa shape index (κ2) is 9.84. The second-order valence-corrected chi connectivity index (χ2v) is 8.98. The Morgan fingerprint density at radius 1 is 1.26 bits per heavy atom. The lowest BCUT2D eigenvalue weighted by molar-refractivity contribution is -0.123. The van der Waals surface area contributed by atoms with Gasteiger partial charge in [-0.15, -0.1) is 0 Å². The maximum Gasteiger partial charge on any atom is 0.259 e. The molecule has 2 aromatic carbocycles. The fraction of sp³-hybridized carbons (Fsp3) is 0.231. The number of aromatic nitrogens is 1. The van der Waals surface area contributed by atoms with E-state index in [2.05, 4.69) is 4.98 Å². The van der Waals surface area contributed by atoms with Gasteiger partial charge in [-0.1, -0.05) is 23.7 Å². The molecule has 0 saturated carbocycles. The highest BCUT2D eigenvalue weighted by Gasteiger charge is 2.41. The Kier molecular flexibility index (Phi) is 6.84. The summed E-state index contributed by atoms with van der Waals surface area (Å²) < 4.78 is 14.7. The van der Waals surface area contributed by atoms with Gasteiger partial charge in [0.05, 0.1) is 11.6 Å². The molecule has 0 saturated heterocycles. The van der Waals surface area contributed by atoms with Crippen molar-refractivity contribution < 1.29 is 23.9 Å². The number of Topliss-reactive ketones (excluding diaryl/α,β-unsaturated/α-hetero) is 1. The SMILES string of the molecule is CC(=O)Cc1ccc(O)c(C(=O)N([C@@H]2CCc3c(F)cc(Cl)cc32)[C@@H](C(N)=O)c2cccnc2)c1. The van der Waals surface area contributed by atoms with Gasteiger partial charge in [0.25, 0.3) is 5.91 Å². The fourth-order valence-corrected chi connectivity index (χ4v) is 4.85. The Morgan fingerprint density at radius 2 is 2.03 bits per heavy atom. The number of halogens is 2. The molecule has 0 spiro atoms. The molecule has 1 heterocycles. The number of nitrogens with zero attached hydrogens (tertiary/aromatic N) is 2. The number of amides is 2. The quantitative estimate of drug-likeness (QED) is 0.513. The Balaban J connectivity index is 1.89. The van der Waals surface area contributed by atoms with E-state index >= 15 is 0 Å². The van der Waals surface area contributed by atoms with Crippen molar-refractivity contribution in [1.29, 1.82) is 0 Å². The minimum atomic E-state index is -1.26. The number of carbonyl (C=O) groups is 3. The smallest absolute Gasteiger partial charge is 0.259 e. The van der Waals surface area contributed by atoms with E-state index in [0.717, 1.165) is 0 Å². The number of phenols is 1.